The fraction of sp³-hybridized carbons (Fsp3) is 0.143. The second-order valence-corrected chi connectivity index (χ2v) is 4.33. The van der Waals surface area contributed by atoms with E-state index in [4.69, 9.17) is 0 Å². The minimum Gasteiger partial charge on any atom is -0.224 e. The van der Waals surface area contributed by atoms with Crippen LogP contribution in [0.2, 0.25) is 0 Å². The summed E-state index contributed by atoms with van der Waals surface area (Å²) < 4.78 is 46.6. The molecule has 0 atom stereocenters. The zero-order chi connectivity index (χ0) is 9.35. The predicted octanol–water partition coefficient (Wildman–Crippen LogP) is 1.37. The van der Waals surface area contributed by atoms with Crippen molar-refractivity contribution in [3.63, 3.8) is 0 Å². The summed E-state index contributed by atoms with van der Waals surface area (Å²) in [5.74, 6) is -1.85. The van der Waals surface area contributed by atoms with E-state index in [-0.39, 0.29) is 21.7 Å². The SMILES string of the molecule is CS(=O)(=O)c1ccc(F)cc1F.[Ti]. The molecule has 0 heterocycles. The van der Waals surface area contributed by atoms with Gasteiger partial charge in [0, 0.05) is 34.0 Å². The Morgan fingerprint density at radius 1 is 1.23 bits per heavy atom. The molecule has 0 unspecified atom stereocenters. The summed E-state index contributed by atoms with van der Waals surface area (Å²) in [6.45, 7) is 0. The number of benzene rings is 1. The Bertz CT molecular complexity index is 403. The average molecular weight is 240 g/mol. The van der Waals surface area contributed by atoms with Gasteiger partial charge in [-0.1, -0.05) is 0 Å². The first-order chi connectivity index (χ1) is 5.41. The fourth-order valence-electron chi connectivity index (χ4n) is 0.776. The molecule has 0 aliphatic carbocycles. The van der Waals surface area contributed by atoms with Gasteiger partial charge in [0.2, 0.25) is 0 Å². The zero-order valence-corrected chi connectivity index (χ0v) is 9.09. The molecular weight excluding hydrogens is 234 g/mol. The second-order valence-electron chi connectivity index (χ2n) is 2.35. The van der Waals surface area contributed by atoms with E-state index < -0.39 is 26.4 Å². The van der Waals surface area contributed by atoms with Gasteiger partial charge >= 0.3 is 0 Å². The van der Waals surface area contributed by atoms with Crippen molar-refractivity contribution in [1.82, 2.24) is 0 Å². The normalized spacial score (nSPS) is 10.7. The Morgan fingerprint density at radius 2 is 1.77 bits per heavy atom. The van der Waals surface area contributed by atoms with E-state index in [0.717, 1.165) is 18.4 Å². The van der Waals surface area contributed by atoms with Crippen LogP contribution in [0.15, 0.2) is 23.1 Å². The summed E-state index contributed by atoms with van der Waals surface area (Å²) in [5.41, 5.74) is 0. The first-order valence-electron chi connectivity index (χ1n) is 3.06. The molecule has 6 heteroatoms. The van der Waals surface area contributed by atoms with Gasteiger partial charge in [-0.05, 0) is 12.1 Å². The first kappa shape index (κ1) is 12.7. The monoisotopic (exact) mass is 240 g/mol. The van der Waals surface area contributed by atoms with Crippen molar-refractivity contribution >= 4 is 9.84 Å². The Kier molecular flexibility index (Phi) is 4.22. The molecule has 0 bridgehead atoms. The van der Waals surface area contributed by atoms with E-state index in [1.165, 1.54) is 0 Å². The third kappa shape index (κ3) is 3.17. The molecule has 13 heavy (non-hydrogen) atoms. The summed E-state index contributed by atoms with van der Waals surface area (Å²) in [5, 5.41) is 0. The maximum atomic E-state index is 12.7. The Labute approximate surface area is 89.8 Å². The molecule has 0 radical (unpaired) electrons. The van der Waals surface area contributed by atoms with Crippen LogP contribution in [-0.4, -0.2) is 14.7 Å². The molecule has 0 spiro atoms. The van der Waals surface area contributed by atoms with Crippen molar-refractivity contribution in [3.05, 3.63) is 29.8 Å². The number of sulfone groups is 1. The number of hydrogen-bond donors (Lipinski definition) is 0. The molecule has 0 saturated heterocycles. The van der Waals surface area contributed by atoms with E-state index in [2.05, 4.69) is 0 Å². The topological polar surface area (TPSA) is 34.1 Å². The third-order valence-corrected chi connectivity index (χ3v) is 2.42. The number of hydrogen-bond acceptors (Lipinski definition) is 2. The molecule has 0 aromatic heterocycles. The van der Waals surface area contributed by atoms with Crippen molar-refractivity contribution in [2.45, 2.75) is 4.90 Å². The van der Waals surface area contributed by atoms with Crippen molar-refractivity contribution in [1.29, 1.82) is 0 Å². The maximum Gasteiger partial charge on any atom is 0.178 e. The van der Waals surface area contributed by atoms with Crippen LogP contribution in [-0.2, 0) is 31.6 Å². The van der Waals surface area contributed by atoms with Crippen LogP contribution in [0.3, 0.4) is 0 Å². The van der Waals surface area contributed by atoms with E-state index in [1.807, 2.05) is 0 Å². The minimum absolute atomic E-state index is 0. The largest absolute Gasteiger partial charge is 0.224 e. The molecule has 0 amide bonds. The van der Waals surface area contributed by atoms with Crippen LogP contribution in [0.25, 0.3) is 0 Å². The molecule has 0 N–H and O–H groups in total. The van der Waals surface area contributed by atoms with E-state index in [9.17, 15) is 17.2 Å². The standard InChI is InChI=1S/C7H6F2O2S.Ti/c1-12(10,11)7-3-2-5(8)4-6(7)9;/h2-4H,1H3;. The van der Waals surface area contributed by atoms with Crippen molar-refractivity contribution < 1.29 is 38.9 Å². The summed E-state index contributed by atoms with van der Waals surface area (Å²) >= 11 is 0. The predicted molar refractivity (Wildman–Crippen MR) is 39.5 cm³/mol. The van der Waals surface area contributed by atoms with Gasteiger partial charge in [-0.15, -0.1) is 0 Å². The Morgan fingerprint density at radius 3 is 2.15 bits per heavy atom. The summed E-state index contributed by atoms with van der Waals surface area (Å²) in [4.78, 5) is -0.482. The van der Waals surface area contributed by atoms with Gasteiger partial charge in [-0.25, -0.2) is 17.2 Å². The molecular formula is C7H6F2O2STi. The van der Waals surface area contributed by atoms with Gasteiger partial charge in [0.05, 0.1) is 0 Å². The molecule has 0 aliphatic rings. The van der Waals surface area contributed by atoms with Gasteiger partial charge in [0.15, 0.2) is 9.84 Å². The number of rotatable bonds is 1. The van der Waals surface area contributed by atoms with Crippen molar-refractivity contribution in [3.8, 4) is 0 Å². The molecule has 2 nitrogen and oxygen atoms in total. The van der Waals surface area contributed by atoms with Crippen LogP contribution < -0.4 is 0 Å². The van der Waals surface area contributed by atoms with Gasteiger partial charge in [0.25, 0.3) is 0 Å². The zero-order valence-electron chi connectivity index (χ0n) is 6.71. The van der Waals surface area contributed by atoms with Crippen LogP contribution >= 0.6 is 0 Å². The first-order valence-corrected chi connectivity index (χ1v) is 4.95. The molecule has 1 aromatic rings. The van der Waals surface area contributed by atoms with E-state index >= 15 is 0 Å². The van der Waals surface area contributed by atoms with Crippen LogP contribution in [0, 0.1) is 11.6 Å². The molecule has 0 saturated carbocycles. The summed E-state index contributed by atoms with van der Waals surface area (Å²) in [7, 11) is -3.59. The van der Waals surface area contributed by atoms with E-state index in [0.29, 0.717) is 6.07 Å². The molecule has 1 rings (SSSR count). The van der Waals surface area contributed by atoms with Crippen LogP contribution in [0.4, 0.5) is 8.78 Å². The average Bonchev–Trinajstić information content (AvgIpc) is 1.83. The van der Waals surface area contributed by atoms with Gasteiger partial charge in [0.1, 0.15) is 16.5 Å². The minimum atomic E-state index is -3.59. The maximum absolute atomic E-state index is 12.7. The van der Waals surface area contributed by atoms with Gasteiger partial charge in [-0.2, -0.15) is 0 Å². The molecule has 70 valence electrons. The van der Waals surface area contributed by atoms with E-state index in [1.54, 1.807) is 0 Å². The molecule has 0 fully saturated rings. The summed E-state index contributed by atoms with van der Waals surface area (Å²) in [6.07, 6.45) is 0.864. The molecule has 0 aliphatic heterocycles. The quantitative estimate of drug-likeness (QED) is 0.548. The molecule has 1 aromatic carbocycles. The van der Waals surface area contributed by atoms with Crippen molar-refractivity contribution in [2.75, 3.05) is 6.26 Å². The van der Waals surface area contributed by atoms with Crippen LogP contribution in [0.5, 0.6) is 0 Å². The summed E-state index contributed by atoms with van der Waals surface area (Å²) in [6, 6.07) is 2.34. The third-order valence-electron chi connectivity index (χ3n) is 1.29. The fourth-order valence-corrected chi connectivity index (χ4v) is 1.50. The smallest absolute Gasteiger partial charge is 0.178 e. The van der Waals surface area contributed by atoms with Gasteiger partial charge < -0.3 is 0 Å². The Hall–Kier alpha value is -0.256. The Balaban J connectivity index is 0.00000144. The van der Waals surface area contributed by atoms with Crippen molar-refractivity contribution in [2.24, 2.45) is 0 Å². The van der Waals surface area contributed by atoms with Gasteiger partial charge in [-0.3, -0.25) is 0 Å². The second kappa shape index (κ2) is 4.31. The number of halogens is 2. The van der Waals surface area contributed by atoms with Crippen LogP contribution in [0.1, 0.15) is 0 Å².